The van der Waals surface area contributed by atoms with Crippen molar-refractivity contribution in [2.45, 2.75) is 0 Å². The van der Waals surface area contributed by atoms with Crippen LogP contribution in [0.1, 0.15) is 11.0 Å². The first-order chi connectivity index (χ1) is 26.6. The fourth-order valence-corrected chi connectivity index (χ4v) is 8.21. The molecule has 0 aliphatic heterocycles. The largest absolute Gasteiger partial charge is 0.135 e. The molecule has 1 heteroatoms. The molecule has 0 atom stereocenters. The van der Waals surface area contributed by atoms with E-state index in [1.807, 2.05) is 66.7 Å². The lowest BCUT2D eigenvalue weighted by molar-refractivity contribution is 1.64. The van der Waals surface area contributed by atoms with E-state index in [1.165, 1.54) is 30.9 Å². The molecule has 1 heterocycles. The molecule has 0 aliphatic rings. The van der Waals surface area contributed by atoms with Gasteiger partial charge in [-0.3, -0.25) is 0 Å². The van der Waals surface area contributed by atoms with E-state index in [0.29, 0.717) is 22.3 Å². The van der Waals surface area contributed by atoms with E-state index < -0.39 is 24.2 Å². The minimum atomic E-state index is -0.413. The summed E-state index contributed by atoms with van der Waals surface area (Å²) in [5.74, 6) is 0. The summed E-state index contributed by atoms with van der Waals surface area (Å²) in [5, 5.41) is 7.28. The molecule has 10 aromatic rings. The van der Waals surface area contributed by atoms with Crippen LogP contribution >= 0.6 is 11.3 Å². The molecule has 9 aromatic carbocycles. The first-order valence-electron chi connectivity index (χ1n) is 19.5. The van der Waals surface area contributed by atoms with E-state index >= 15 is 0 Å². The van der Waals surface area contributed by atoms with E-state index in [0.717, 1.165) is 21.9 Å². The normalized spacial score (nSPS) is 14.2. The van der Waals surface area contributed by atoms with E-state index in [1.54, 1.807) is 11.3 Å². The molecule has 1 aromatic heterocycles. The predicted octanol–water partition coefficient (Wildman–Crippen LogP) is 13.7. The molecule has 0 N–H and O–H groups in total. The molecule has 0 saturated carbocycles. The Labute approximate surface area is 288 Å². The van der Waals surface area contributed by atoms with Crippen molar-refractivity contribution in [3.63, 3.8) is 0 Å². The van der Waals surface area contributed by atoms with Crippen LogP contribution in [0, 0.1) is 0 Å². The molecular weight excluding hydrogens is 585 g/mol. The zero-order chi connectivity index (χ0) is 37.9. The highest BCUT2D eigenvalue weighted by molar-refractivity contribution is 7.25. The van der Waals surface area contributed by atoms with Gasteiger partial charge in [0, 0.05) is 20.2 Å². The average molecular weight is 621 g/mol. The first kappa shape index (κ1) is 19.7. The molecule has 0 aliphatic carbocycles. The smallest absolute Gasteiger partial charge is 0.0629 e. The lowest BCUT2D eigenvalue weighted by Crippen LogP contribution is -1.91. The van der Waals surface area contributed by atoms with Crippen molar-refractivity contribution in [1.82, 2.24) is 0 Å². The Morgan fingerprint density at radius 1 is 0.362 bits per heavy atom. The highest BCUT2D eigenvalue weighted by atomic mass is 32.1. The van der Waals surface area contributed by atoms with Crippen LogP contribution in [0.5, 0.6) is 0 Å². The van der Waals surface area contributed by atoms with Crippen molar-refractivity contribution in [2.24, 2.45) is 0 Å². The van der Waals surface area contributed by atoms with Crippen LogP contribution in [0.2, 0.25) is 0 Å². The van der Waals surface area contributed by atoms with Crippen molar-refractivity contribution >= 4 is 74.6 Å². The summed E-state index contributed by atoms with van der Waals surface area (Å²) in [6.07, 6.45) is 0. The van der Waals surface area contributed by atoms with Gasteiger partial charge in [0.1, 0.15) is 0 Å². The lowest BCUT2D eigenvalue weighted by atomic mass is 9.84. The Kier molecular flexibility index (Phi) is 4.35. The summed E-state index contributed by atoms with van der Waals surface area (Å²) in [7, 11) is 0. The van der Waals surface area contributed by atoms with Gasteiger partial charge < -0.3 is 0 Å². The molecule has 0 amide bonds. The molecule has 47 heavy (non-hydrogen) atoms. The summed E-state index contributed by atoms with van der Waals surface area (Å²) in [6, 6.07) is 37.6. The molecular formula is C46H28S. The molecule has 0 fully saturated rings. The summed E-state index contributed by atoms with van der Waals surface area (Å²) in [6.45, 7) is 0. The van der Waals surface area contributed by atoms with Gasteiger partial charge in [-0.2, -0.15) is 0 Å². The van der Waals surface area contributed by atoms with Crippen molar-refractivity contribution in [3.05, 3.63) is 170 Å². The van der Waals surface area contributed by atoms with Gasteiger partial charge in [0.2, 0.25) is 0 Å². The second-order valence-corrected chi connectivity index (χ2v) is 12.9. The van der Waals surface area contributed by atoms with Crippen LogP contribution in [0.15, 0.2) is 170 Å². The minimum Gasteiger partial charge on any atom is -0.135 e. The topological polar surface area (TPSA) is 0 Å². The monoisotopic (exact) mass is 620 g/mol. The molecule has 0 saturated heterocycles. The fraction of sp³-hybridized carbons (Fsp3) is 0. The number of benzene rings is 9. The average Bonchev–Trinajstić information content (AvgIpc) is 3.57. The Morgan fingerprint density at radius 3 is 1.64 bits per heavy atom. The van der Waals surface area contributed by atoms with Gasteiger partial charge in [0.05, 0.1) is 11.0 Å². The maximum atomic E-state index is 9.31. The van der Waals surface area contributed by atoms with Crippen molar-refractivity contribution < 1.29 is 11.0 Å². The van der Waals surface area contributed by atoms with E-state index in [-0.39, 0.29) is 45.7 Å². The minimum absolute atomic E-state index is 0.206. The van der Waals surface area contributed by atoms with Gasteiger partial charge in [-0.1, -0.05) is 145 Å². The molecule has 0 spiro atoms. The first-order valence-corrected chi connectivity index (χ1v) is 16.3. The molecule has 10 rings (SSSR count). The van der Waals surface area contributed by atoms with E-state index in [9.17, 15) is 5.48 Å². The van der Waals surface area contributed by atoms with Crippen LogP contribution in [0.3, 0.4) is 0 Å². The maximum Gasteiger partial charge on any atom is 0.0629 e. The van der Waals surface area contributed by atoms with Gasteiger partial charge >= 0.3 is 0 Å². The van der Waals surface area contributed by atoms with Gasteiger partial charge in [-0.15, -0.1) is 11.3 Å². The second kappa shape index (κ2) is 10.4. The Hall–Kier alpha value is -5.76. The van der Waals surface area contributed by atoms with Crippen molar-refractivity contribution in [2.75, 3.05) is 0 Å². The van der Waals surface area contributed by atoms with E-state index in [2.05, 4.69) is 54.6 Å². The SMILES string of the molecule is [2H]c1c([2H])c([2H])c2c(-c3cccc4ccccc34)c3c([2H])c([2H])c([2H])c([2H])c3c(-c3ccc(-c4ccc5sc6cc7ccccc7cc6c5c4)cc3)c2c1[2H]. The zero-order valence-electron chi connectivity index (χ0n) is 33.0. The standard InChI is InChI=1S/C46H28S/c1-2-12-33-28-44-42(26-32(33)11-1)41-27-34(24-25-43(41)47-44)29-20-22-31(23-21-29)45-37-15-5-7-17-39(37)46(40-18-8-6-16-38(40)45)36-19-9-13-30-10-3-4-14-35(30)36/h1-28H/i5D,6D,7D,8D,15D,16D,17D,18D. The predicted molar refractivity (Wildman–Crippen MR) is 206 cm³/mol. The van der Waals surface area contributed by atoms with Crippen LogP contribution in [-0.2, 0) is 0 Å². The van der Waals surface area contributed by atoms with Crippen LogP contribution in [0.25, 0.3) is 96.6 Å². The van der Waals surface area contributed by atoms with Gasteiger partial charge in [0.25, 0.3) is 0 Å². The van der Waals surface area contributed by atoms with Gasteiger partial charge in [-0.25, -0.2) is 0 Å². The van der Waals surface area contributed by atoms with Crippen molar-refractivity contribution in [3.8, 4) is 33.4 Å². The van der Waals surface area contributed by atoms with Crippen LogP contribution < -0.4 is 0 Å². The lowest BCUT2D eigenvalue weighted by Gasteiger charge is -2.19. The third kappa shape index (κ3) is 4.14. The molecule has 0 radical (unpaired) electrons. The summed E-state index contributed by atoms with van der Waals surface area (Å²) in [5.41, 5.74) is 3.84. The Balaban J connectivity index is 1.27. The Bertz CT molecular complexity index is 3210. The third-order valence-corrected chi connectivity index (χ3v) is 10.4. The highest BCUT2D eigenvalue weighted by Gasteiger charge is 2.18. The summed E-state index contributed by atoms with van der Waals surface area (Å²) in [4.78, 5) is 0. The number of hydrogen-bond acceptors (Lipinski definition) is 1. The van der Waals surface area contributed by atoms with Gasteiger partial charge in [0.15, 0.2) is 0 Å². The Morgan fingerprint density at radius 2 is 0.915 bits per heavy atom. The quantitative estimate of drug-likeness (QED) is 0.172. The van der Waals surface area contributed by atoms with E-state index in [4.69, 9.17) is 5.48 Å². The number of hydrogen-bond donors (Lipinski definition) is 0. The zero-order valence-corrected chi connectivity index (χ0v) is 25.8. The number of rotatable bonds is 3. The maximum absolute atomic E-state index is 9.31. The molecule has 0 unspecified atom stereocenters. The fourth-order valence-electron chi connectivity index (χ4n) is 7.10. The molecule has 0 bridgehead atoms. The van der Waals surface area contributed by atoms with Crippen molar-refractivity contribution in [1.29, 1.82) is 0 Å². The van der Waals surface area contributed by atoms with Gasteiger partial charge in [-0.05, 0) is 101 Å². The third-order valence-electron chi connectivity index (χ3n) is 9.28. The number of fused-ring (bicyclic) bond motifs is 7. The van der Waals surface area contributed by atoms with Crippen LogP contribution in [0.4, 0.5) is 0 Å². The van der Waals surface area contributed by atoms with Crippen LogP contribution in [-0.4, -0.2) is 0 Å². The summed E-state index contributed by atoms with van der Waals surface area (Å²) < 4.78 is 74.7. The summed E-state index contributed by atoms with van der Waals surface area (Å²) >= 11 is 1.77. The molecule has 0 nitrogen and oxygen atoms in total. The second-order valence-electron chi connectivity index (χ2n) is 11.9. The number of thiophene rings is 1. The highest BCUT2D eigenvalue weighted by Crippen LogP contribution is 2.45. The molecule has 218 valence electrons.